The van der Waals surface area contributed by atoms with E-state index in [4.69, 9.17) is 5.11 Å². The third kappa shape index (κ3) is 3.83. The highest BCUT2D eigenvalue weighted by Gasteiger charge is 2.28. The Morgan fingerprint density at radius 3 is 2.65 bits per heavy atom. The first kappa shape index (κ1) is 14.6. The molecule has 1 aliphatic carbocycles. The van der Waals surface area contributed by atoms with Gasteiger partial charge in [-0.15, -0.1) is 0 Å². The van der Waals surface area contributed by atoms with E-state index in [9.17, 15) is 9.59 Å². The Morgan fingerprint density at radius 2 is 2.00 bits per heavy atom. The largest absolute Gasteiger partial charge is 0.478 e. The molecule has 20 heavy (non-hydrogen) atoms. The Hall–Kier alpha value is -1.84. The molecule has 4 nitrogen and oxygen atoms in total. The van der Waals surface area contributed by atoms with Gasteiger partial charge < -0.3 is 10.4 Å². The first-order valence-corrected chi connectivity index (χ1v) is 7.07. The summed E-state index contributed by atoms with van der Waals surface area (Å²) in [7, 11) is 0. The maximum atomic E-state index is 11.9. The van der Waals surface area contributed by atoms with Crippen molar-refractivity contribution in [2.45, 2.75) is 39.0 Å². The van der Waals surface area contributed by atoms with Gasteiger partial charge in [0, 0.05) is 6.54 Å². The van der Waals surface area contributed by atoms with E-state index in [1.54, 1.807) is 18.2 Å². The lowest BCUT2D eigenvalue weighted by molar-refractivity contribution is -0.120. The second kappa shape index (κ2) is 6.07. The van der Waals surface area contributed by atoms with Gasteiger partial charge in [-0.2, -0.15) is 0 Å². The standard InChI is InChI=1S/C16H21NO3/c1-16(7-2-3-8-16)11-17-14(18)10-12-5-4-6-13(9-12)15(19)20/h4-6,9H,2-3,7-8,10-11H2,1H3,(H,17,18)(H,19,20). The second-order valence-electron chi connectivity index (χ2n) is 5.98. The molecule has 0 spiro atoms. The molecule has 0 radical (unpaired) electrons. The molecule has 108 valence electrons. The van der Waals surface area contributed by atoms with Crippen LogP contribution < -0.4 is 5.32 Å². The molecular formula is C16H21NO3. The van der Waals surface area contributed by atoms with Gasteiger partial charge in [0.1, 0.15) is 0 Å². The van der Waals surface area contributed by atoms with Crippen molar-refractivity contribution in [3.63, 3.8) is 0 Å². The quantitative estimate of drug-likeness (QED) is 0.868. The Morgan fingerprint density at radius 1 is 1.30 bits per heavy atom. The van der Waals surface area contributed by atoms with Crippen LogP contribution in [0.4, 0.5) is 0 Å². The van der Waals surface area contributed by atoms with Gasteiger partial charge in [-0.05, 0) is 36.0 Å². The van der Waals surface area contributed by atoms with Gasteiger partial charge in [-0.25, -0.2) is 4.79 Å². The van der Waals surface area contributed by atoms with Crippen molar-refractivity contribution in [3.8, 4) is 0 Å². The third-order valence-corrected chi connectivity index (χ3v) is 4.06. The molecule has 0 atom stereocenters. The molecule has 0 heterocycles. The van der Waals surface area contributed by atoms with Gasteiger partial charge in [0.05, 0.1) is 12.0 Å². The average molecular weight is 275 g/mol. The molecule has 1 aromatic rings. The van der Waals surface area contributed by atoms with Crippen LogP contribution >= 0.6 is 0 Å². The lowest BCUT2D eigenvalue weighted by Gasteiger charge is -2.23. The molecule has 2 rings (SSSR count). The zero-order chi connectivity index (χ0) is 14.6. The first-order valence-electron chi connectivity index (χ1n) is 7.07. The number of carboxylic acid groups (broad SMARTS) is 1. The second-order valence-corrected chi connectivity index (χ2v) is 5.98. The number of hydrogen-bond acceptors (Lipinski definition) is 2. The van der Waals surface area contributed by atoms with Crippen molar-refractivity contribution < 1.29 is 14.7 Å². The smallest absolute Gasteiger partial charge is 0.335 e. The van der Waals surface area contributed by atoms with E-state index in [1.807, 2.05) is 0 Å². The normalized spacial score (nSPS) is 16.9. The highest BCUT2D eigenvalue weighted by Crippen LogP contribution is 2.36. The summed E-state index contributed by atoms with van der Waals surface area (Å²) in [5, 5.41) is 11.9. The predicted molar refractivity (Wildman–Crippen MR) is 76.7 cm³/mol. The summed E-state index contributed by atoms with van der Waals surface area (Å²) < 4.78 is 0. The minimum absolute atomic E-state index is 0.0411. The fraction of sp³-hybridized carbons (Fsp3) is 0.500. The van der Waals surface area contributed by atoms with Crippen LogP contribution in [0, 0.1) is 5.41 Å². The van der Waals surface area contributed by atoms with Crippen molar-refractivity contribution in [1.29, 1.82) is 0 Å². The molecule has 2 N–H and O–H groups in total. The van der Waals surface area contributed by atoms with Gasteiger partial charge in [-0.3, -0.25) is 4.79 Å². The fourth-order valence-electron chi connectivity index (χ4n) is 2.78. The summed E-state index contributed by atoms with van der Waals surface area (Å²) in [6.45, 7) is 2.93. The van der Waals surface area contributed by atoms with E-state index >= 15 is 0 Å². The first-order chi connectivity index (χ1) is 9.48. The average Bonchev–Trinajstić information content (AvgIpc) is 2.84. The number of amides is 1. The van der Waals surface area contributed by atoms with Crippen LogP contribution in [0.3, 0.4) is 0 Å². The Balaban J connectivity index is 1.88. The SMILES string of the molecule is CC1(CNC(=O)Cc2cccc(C(=O)O)c2)CCCC1. The van der Waals surface area contributed by atoms with Crippen molar-refractivity contribution in [3.05, 3.63) is 35.4 Å². The molecule has 0 aromatic heterocycles. The number of carbonyl (C=O) groups excluding carboxylic acids is 1. The topological polar surface area (TPSA) is 66.4 Å². The van der Waals surface area contributed by atoms with Gasteiger partial charge in [0.2, 0.25) is 5.91 Å². The third-order valence-electron chi connectivity index (χ3n) is 4.06. The number of rotatable bonds is 5. The Kier molecular flexibility index (Phi) is 4.42. The van der Waals surface area contributed by atoms with Crippen molar-refractivity contribution >= 4 is 11.9 Å². The zero-order valence-electron chi connectivity index (χ0n) is 11.8. The number of carboxylic acids is 1. The van der Waals surface area contributed by atoms with Crippen LogP contribution in [0.1, 0.15) is 48.5 Å². The van der Waals surface area contributed by atoms with Gasteiger partial charge >= 0.3 is 5.97 Å². The highest BCUT2D eigenvalue weighted by atomic mass is 16.4. The molecule has 4 heteroatoms. The molecule has 0 saturated heterocycles. The predicted octanol–water partition coefficient (Wildman–Crippen LogP) is 2.62. The van der Waals surface area contributed by atoms with Crippen LogP contribution in [-0.4, -0.2) is 23.5 Å². The van der Waals surface area contributed by atoms with Crippen LogP contribution in [0.25, 0.3) is 0 Å². The van der Waals surface area contributed by atoms with E-state index in [2.05, 4.69) is 12.2 Å². The van der Waals surface area contributed by atoms with Crippen LogP contribution in [0.2, 0.25) is 0 Å². The highest BCUT2D eigenvalue weighted by molar-refractivity contribution is 5.88. The molecule has 1 aliphatic rings. The monoisotopic (exact) mass is 275 g/mol. The number of carbonyl (C=O) groups is 2. The number of nitrogens with one attached hydrogen (secondary N) is 1. The minimum Gasteiger partial charge on any atom is -0.478 e. The summed E-state index contributed by atoms with van der Waals surface area (Å²) >= 11 is 0. The number of benzene rings is 1. The van der Waals surface area contributed by atoms with Crippen molar-refractivity contribution in [2.75, 3.05) is 6.54 Å². The van der Waals surface area contributed by atoms with Gasteiger partial charge in [0.25, 0.3) is 0 Å². The maximum absolute atomic E-state index is 11.9. The summed E-state index contributed by atoms with van der Waals surface area (Å²) in [4.78, 5) is 22.8. The maximum Gasteiger partial charge on any atom is 0.335 e. The molecule has 1 saturated carbocycles. The van der Waals surface area contributed by atoms with Gasteiger partial charge in [-0.1, -0.05) is 31.9 Å². The lowest BCUT2D eigenvalue weighted by Crippen LogP contribution is -2.35. The molecule has 1 aromatic carbocycles. The Labute approximate surface area is 119 Å². The van der Waals surface area contributed by atoms with E-state index in [0.29, 0.717) is 6.54 Å². The molecule has 0 bridgehead atoms. The zero-order valence-corrected chi connectivity index (χ0v) is 11.8. The lowest BCUT2D eigenvalue weighted by atomic mass is 9.89. The molecule has 1 amide bonds. The molecule has 0 aliphatic heterocycles. The Bertz CT molecular complexity index is 504. The van der Waals surface area contributed by atoms with Crippen molar-refractivity contribution in [1.82, 2.24) is 5.32 Å². The van der Waals surface area contributed by atoms with E-state index in [-0.39, 0.29) is 23.3 Å². The fourth-order valence-corrected chi connectivity index (χ4v) is 2.78. The molecule has 1 fully saturated rings. The van der Waals surface area contributed by atoms with Crippen LogP contribution in [0.15, 0.2) is 24.3 Å². The summed E-state index contributed by atoms with van der Waals surface area (Å²) in [5.41, 5.74) is 1.19. The summed E-state index contributed by atoms with van der Waals surface area (Å²) in [6.07, 6.45) is 5.06. The van der Waals surface area contributed by atoms with Crippen LogP contribution in [-0.2, 0) is 11.2 Å². The molecular weight excluding hydrogens is 254 g/mol. The molecule has 0 unspecified atom stereocenters. The van der Waals surface area contributed by atoms with Crippen LogP contribution in [0.5, 0.6) is 0 Å². The van der Waals surface area contributed by atoms with E-state index in [1.165, 1.54) is 31.7 Å². The summed E-state index contributed by atoms with van der Waals surface area (Å²) in [5.74, 6) is -1.01. The van der Waals surface area contributed by atoms with E-state index < -0.39 is 5.97 Å². The van der Waals surface area contributed by atoms with Gasteiger partial charge in [0.15, 0.2) is 0 Å². The van der Waals surface area contributed by atoms with Crippen molar-refractivity contribution in [2.24, 2.45) is 5.41 Å². The summed E-state index contributed by atoms with van der Waals surface area (Å²) in [6, 6.07) is 6.54. The number of aromatic carboxylic acids is 1. The van der Waals surface area contributed by atoms with E-state index in [0.717, 1.165) is 5.56 Å². The number of hydrogen-bond donors (Lipinski definition) is 2. The minimum atomic E-state index is -0.967.